The number of amides is 1. The van der Waals surface area contributed by atoms with Crippen molar-refractivity contribution in [1.82, 2.24) is 15.1 Å². The zero-order valence-corrected chi connectivity index (χ0v) is 18.4. The van der Waals surface area contributed by atoms with Crippen LogP contribution in [-0.2, 0) is 4.74 Å². The van der Waals surface area contributed by atoms with Crippen LogP contribution in [0, 0.1) is 0 Å². The molecule has 1 unspecified atom stereocenters. The lowest BCUT2D eigenvalue weighted by molar-refractivity contribution is 0.0723. The number of hydrogen-bond donors (Lipinski definition) is 2. The molecule has 0 aliphatic carbocycles. The topological polar surface area (TPSA) is 87.7 Å². The average molecular weight is 454 g/mol. The highest BCUT2D eigenvalue weighted by molar-refractivity contribution is 6.31. The minimum absolute atomic E-state index is 0.0378. The molecular formula is C24H24ClN3O4. The molecule has 3 aromatic rings. The molecule has 166 valence electrons. The fourth-order valence-electron chi connectivity index (χ4n) is 3.99. The van der Waals surface area contributed by atoms with E-state index < -0.39 is 6.04 Å². The lowest BCUT2D eigenvalue weighted by atomic mass is 9.95. The molecule has 2 aromatic carbocycles. The molecule has 0 spiro atoms. The molecular weight excluding hydrogens is 430 g/mol. The van der Waals surface area contributed by atoms with Crippen molar-refractivity contribution in [2.45, 2.75) is 12.5 Å². The Morgan fingerprint density at radius 3 is 2.94 bits per heavy atom. The summed E-state index contributed by atoms with van der Waals surface area (Å²) in [5.41, 5.74) is 2.93. The van der Waals surface area contributed by atoms with Crippen LogP contribution in [0.1, 0.15) is 34.1 Å². The van der Waals surface area contributed by atoms with Gasteiger partial charge in [0.2, 0.25) is 0 Å². The molecule has 0 fully saturated rings. The maximum absolute atomic E-state index is 13.3. The quantitative estimate of drug-likeness (QED) is 0.365. The van der Waals surface area contributed by atoms with Crippen LogP contribution in [0.3, 0.4) is 0 Å². The summed E-state index contributed by atoms with van der Waals surface area (Å²) in [4.78, 5) is 15.1. The number of aromatic hydroxyl groups is 1. The molecule has 4 rings (SSSR count). The fourth-order valence-corrected chi connectivity index (χ4v) is 4.16. The van der Waals surface area contributed by atoms with Crippen molar-refractivity contribution >= 4 is 17.5 Å². The first-order valence-corrected chi connectivity index (χ1v) is 10.6. The van der Waals surface area contributed by atoms with Crippen LogP contribution in [0.25, 0.3) is 11.3 Å². The number of carbonyl (C=O) groups is 1. The number of aromatic nitrogens is 2. The number of methoxy groups -OCH3 is 1. The second-order valence-electron chi connectivity index (χ2n) is 7.44. The SMILES string of the molecule is C=CCOc1cccc(C2c3c(-c4cc(Cl)ccc4O)n[nH]c3C(=O)N2CCCOC)c1. The Bertz CT molecular complexity index is 1140. The number of rotatable bonds is 9. The van der Waals surface area contributed by atoms with Crippen molar-refractivity contribution < 1.29 is 19.4 Å². The number of phenols is 1. The van der Waals surface area contributed by atoms with Gasteiger partial charge in [-0.05, 0) is 42.3 Å². The van der Waals surface area contributed by atoms with Gasteiger partial charge in [-0.2, -0.15) is 5.10 Å². The summed E-state index contributed by atoms with van der Waals surface area (Å²) in [5, 5.41) is 18.2. The van der Waals surface area contributed by atoms with Gasteiger partial charge in [-0.15, -0.1) is 0 Å². The highest BCUT2D eigenvalue weighted by Crippen LogP contribution is 2.45. The number of aromatic amines is 1. The molecule has 7 nitrogen and oxygen atoms in total. The first-order valence-electron chi connectivity index (χ1n) is 10.3. The molecule has 2 heterocycles. The van der Waals surface area contributed by atoms with Gasteiger partial charge in [0.25, 0.3) is 5.91 Å². The monoisotopic (exact) mass is 453 g/mol. The first kappa shape index (κ1) is 21.9. The van der Waals surface area contributed by atoms with E-state index in [-0.39, 0.29) is 11.7 Å². The van der Waals surface area contributed by atoms with E-state index >= 15 is 0 Å². The van der Waals surface area contributed by atoms with Crippen molar-refractivity contribution in [2.24, 2.45) is 0 Å². The van der Waals surface area contributed by atoms with Crippen molar-refractivity contribution in [2.75, 3.05) is 26.9 Å². The van der Waals surface area contributed by atoms with Gasteiger partial charge in [0.1, 0.15) is 29.5 Å². The van der Waals surface area contributed by atoms with Crippen molar-refractivity contribution in [1.29, 1.82) is 0 Å². The molecule has 0 saturated carbocycles. The summed E-state index contributed by atoms with van der Waals surface area (Å²) >= 11 is 6.18. The molecule has 8 heteroatoms. The van der Waals surface area contributed by atoms with E-state index in [0.29, 0.717) is 59.5 Å². The van der Waals surface area contributed by atoms with E-state index in [0.717, 1.165) is 5.56 Å². The number of nitrogens with one attached hydrogen (secondary N) is 1. The summed E-state index contributed by atoms with van der Waals surface area (Å²) in [6.07, 6.45) is 2.36. The van der Waals surface area contributed by atoms with Crippen LogP contribution in [0.15, 0.2) is 55.1 Å². The van der Waals surface area contributed by atoms with E-state index in [1.807, 2.05) is 24.3 Å². The van der Waals surface area contributed by atoms with Crippen LogP contribution >= 0.6 is 11.6 Å². The molecule has 32 heavy (non-hydrogen) atoms. The number of hydrogen-bond acceptors (Lipinski definition) is 5. The van der Waals surface area contributed by atoms with Gasteiger partial charge in [-0.1, -0.05) is 36.4 Å². The van der Waals surface area contributed by atoms with E-state index in [4.69, 9.17) is 21.1 Å². The summed E-state index contributed by atoms with van der Waals surface area (Å²) in [6, 6.07) is 12.0. The minimum atomic E-state index is -0.409. The third-order valence-corrected chi connectivity index (χ3v) is 5.60. The van der Waals surface area contributed by atoms with Crippen LogP contribution in [0.5, 0.6) is 11.5 Å². The Kier molecular flexibility index (Phi) is 6.48. The fraction of sp³-hybridized carbons (Fsp3) is 0.250. The zero-order chi connectivity index (χ0) is 22.7. The van der Waals surface area contributed by atoms with Crippen LogP contribution < -0.4 is 4.74 Å². The van der Waals surface area contributed by atoms with E-state index in [1.54, 1.807) is 30.2 Å². The standard InChI is InChI=1S/C24H24ClN3O4/c1-3-11-32-17-7-4-6-15(13-17)23-20-21(18-14-16(25)8-9-19(18)29)26-27-22(20)24(30)28(23)10-5-12-31-2/h3-4,6-9,13-14,23,29H,1,5,10-12H2,2H3,(H,26,27). The summed E-state index contributed by atoms with van der Waals surface area (Å²) < 4.78 is 10.9. The van der Waals surface area contributed by atoms with E-state index in [1.165, 1.54) is 6.07 Å². The highest BCUT2D eigenvalue weighted by atomic mass is 35.5. The van der Waals surface area contributed by atoms with Crippen LogP contribution in [0.4, 0.5) is 0 Å². The smallest absolute Gasteiger partial charge is 0.273 e. The lowest BCUT2D eigenvalue weighted by Gasteiger charge is -2.26. The van der Waals surface area contributed by atoms with E-state index in [9.17, 15) is 9.90 Å². The molecule has 1 aliphatic rings. The molecule has 0 radical (unpaired) electrons. The predicted molar refractivity (Wildman–Crippen MR) is 122 cm³/mol. The maximum atomic E-state index is 13.3. The lowest BCUT2D eigenvalue weighted by Crippen LogP contribution is -2.31. The Hall–Kier alpha value is -3.29. The van der Waals surface area contributed by atoms with Gasteiger partial charge < -0.3 is 19.5 Å². The molecule has 1 aliphatic heterocycles. The summed E-state index contributed by atoms with van der Waals surface area (Å²) in [5.74, 6) is 0.561. The van der Waals surface area contributed by atoms with Crippen LogP contribution in [0.2, 0.25) is 5.02 Å². The van der Waals surface area contributed by atoms with E-state index in [2.05, 4.69) is 16.8 Å². The third kappa shape index (κ3) is 4.09. The van der Waals surface area contributed by atoms with Gasteiger partial charge in [-0.3, -0.25) is 9.89 Å². The largest absolute Gasteiger partial charge is 0.507 e. The minimum Gasteiger partial charge on any atom is -0.507 e. The zero-order valence-electron chi connectivity index (χ0n) is 17.7. The number of H-pyrrole nitrogens is 1. The van der Waals surface area contributed by atoms with Gasteiger partial charge in [-0.25, -0.2) is 0 Å². The second kappa shape index (κ2) is 9.46. The molecule has 0 bridgehead atoms. The number of halogens is 1. The number of ether oxygens (including phenoxy) is 2. The number of fused-ring (bicyclic) bond motifs is 1. The Labute approximate surface area is 191 Å². The molecule has 1 atom stereocenters. The number of nitrogens with zero attached hydrogens (tertiary/aromatic N) is 2. The van der Waals surface area contributed by atoms with Crippen molar-refractivity contribution in [3.63, 3.8) is 0 Å². The van der Waals surface area contributed by atoms with Gasteiger partial charge in [0.15, 0.2) is 0 Å². The van der Waals surface area contributed by atoms with Gasteiger partial charge >= 0.3 is 0 Å². The molecule has 0 saturated heterocycles. The molecule has 1 aromatic heterocycles. The maximum Gasteiger partial charge on any atom is 0.273 e. The highest BCUT2D eigenvalue weighted by Gasteiger charge is 2.42. The number of phenolic OH excluding ortho intramolecular Hbond substituents is 1. The average Bonchev–Trinajstić information content (AvgIpc) is 3.33. The molecule has 1 amide bonds. The third-order valence-electron chi connectivity index (χ3n) is 5.37. The Balaban J connectivity index is 1.83. The molecule has 2 N–H and O–H groups in total. The first-order chi connectivity index (χ1) is 15.5. The summed E-state index contributed by atoms with van der Waals surface area (Å²) in [7, 11) is 1.64. The second-order valence-corrected chi connectivity index (χ2v) is 7.88. The van der Waals surface area contributed by atoms with Gasteiger partial charge in [0.05, 0.1) is 6.04 Å². The normalized spacial score (nSPS) is 15.1. The summed E-state index contributed by atoms with van der Waals surface area (Å²) in [6.45, 7) is 5.10. The number of benzene rings is 2. The Morgan fingerprint density at radius 1 is 1.31 bits per heavy atom. The predicted octanol–water partition coefficient (Wildman–Crippen LogP) is 4.58. The Morgan fingerprint density at radius 2 is 2.16 bits per heavy atom. The van der Waals surface area contributed by atoms with Crippen molar-refractivity contribution in [3.8, 4) is 22.8 Å². The van der Waals surface area contributed by atoms with Crippen molar-refractivity contribution in [3.05, 3.63) is 77.0 Å². The van der Waals surface area contributed by atoms with Crippen LogP contribution in [-0.4, -0.2) is 53.0 Å². The van der Waals surface area contributed by atoms with Gasteiger partial charge in [0, 0.05) is 36.4 Å². The number of carbonyl (C=O) groups excluding carboxylic acids is 1.